The van der Waals surface area contributed by atoms with Crippen molar-refractivity contribution in [2.75, 3.05) is 18.0 Å². The molecule has 0 aliphatic carbocycles. The van der Waals surface area contributed by atoms with Gasteiger partial charge < -0.3 is 10.0 Å². The van der Waals surface area contributed by atoms with Crippen molar-refractivity contribution in [2.45, 2.75) is 13.8 Å². The number of anilines is 1. The summed E-state index contributed by atoms with van der Waals surface area (Å²) in [5.41, 5.74) is 2.75. The van der Waals surface area contributed by atoms with Crippen LogP contribution in [0.2, 0.25) is 0 Å². The predicted molar refractivity (Wildman–Crippen MR) is 129 cm³/mol. The normalized spacial score (nSPS) is 11.7. The second kappa shape index (κ2) is 9.75. The van der Waals surface area contributed by atoms with E-state index < -0.39 is 5.97 Å². The maximum atomic E-state index is 10.9. The first-order valence-electron chi connectivity index (χ1n) is 9.98. The highest BCUT2D eigenvalue weighted by Crippen LogP contribution is 2.39. The van der Waals surface area contributed by atoms with Crippen LogP contribution in [0.1, 0.15) is 24.2 Å². The maximum absolute atomic E-state index is 10.9. The topological polar surface area (TPSA) is 103 Å². The average molecular weight is 465 g/mol. The number of hydrogen-bond donors (Lipinski definition) is 1. The van der Waals surface area contributed by atoms with Gasteiger partial charge in [0, 0.05) is 18.8 Å². The molecule has 0 aliphatic heterocycles. The Hall–Kier alpha value is -3.50. The van der Waals surface area contributed by atoms with Gasteiger partial charge in [-0.3, -0.25) is 0 Å². The van der Waals surface area contributed by atoms with Crippen molar-refractivity contribution in [3.8, 4) is 0 Å². The van der Waals surface area contributed by atoms with E-state index >= 15 is 0 Å². The summed E-state index contributed by atoms with van der Waals surface area (Å²) in [6.45, 7) is 6.20. The molecule has 10 heteroatoms. The molecule has 0 unspecified atom stereocenters. The molecule has 1 N–H and O–H groups in total. The SMILES string of the molecule is CCN(CC)c1ccc(N=Nc2nc3sc(N=Nc4ccc(C(=O)O)cc4)cc3s2)cc1. The lowest BCUT2D eigenvalue weighted by Gasteiger charge is -2.20. The highest BCUT2D eigenvalue weighted by molar-refractivity contribution is 7.30. The van der Waals surface area contributed by atoms with Crippen molar-refractivity contribution in [2.24, 2.45) is 20.5 Å². The number of nitrogens with zero attached hydrogens (tertiary/aromatic N) is 6. The number of thiazole rings is 1. The molecule has 2 aromatic carbocycles. The number of carboxylic acids is 1. The van der Waals surface area contributed by atoms with Crippen molar-refractivity contribution in [3.63, 3.8) is 0 Å². The Kier molecular flexibility index (Phi) is 6.62. The van der Waals surface area contributed by atoms with Gasteiger partial charge >= 0.3 is 5.97 Å². The number of thiophene rings is 1. The summed E-state index contributed by atoms with van der Waals surface area (Å²) in [4.78, 5) is 18.5. The summed E-state index contributed by atoms with van der Waals surface area (Å²) in [7, 11) is 0. The van der Waals surface area contributed by atoms with Gasteiger partial charge in [0.1, 0.15) is 9.83 Å². The number of azo groups is 2. The molecular formula is C22H20N6O2S2. The van der Waals surface area contributed by atoms with Gasteiger partial charge in [-0.15, -0.1) is 20.5 Å². The minimum atomic E-state index is -0.970. The van der Waals surface area contributed by atoms with Crippen molar-refractivity contribution in [3.05, 3.63) is 60.2 Å². The number of hydrogen-bond acceptors (Lipinski definition) is 9. The van der Waals surface area contributed by atoms with Gasteiger partial charge in [-0.2, -0.15) is 0 Å². The summed E-state index contributed by atoms with van der Waals surface area (Å²) in [5, 5.41) is 27.2. The summed E-state index contributed by atoms with van der Waals surface area (Å²) in [5.74, 6) is -0.970. The number of fused-ring (bicyclic) bond motifs is 1. The summed E-state index contributed by atoms with van der Waals surface area (Å²) >= 11 is 2.86. The van der Waals surface area contributed by atoms with Crippen LogP contribution in [0.25, 0.3) is 9.53 Å². The van der Waals surface area contributed by atoms with Gasteiger partial charge in [0.05, 0.1) is 21.6 Å². The number of carboxylic acid groups (broad SMARTS) is 1. The molecule has 0 spiro atoms. The standard InChI is InChI=1S/C22H20N6O2S2/c1-3-28(4-2)17-11-9-16(10-12-17)25-27-22-23-20-18(31-22)13-19(32-20)26-24-15-7-5-14(6-8-15)21(29)30/h5-13H,3-4H2,1-2H3,(H,29,30). The van der Waals surface area contributed by atoms with Crippen LogP contribution < -0.4 is 4.90 Å². The van der Waals surface area contributed by atoms with E-state index in [-0.39, 0.29) is 5.56 Å². The number of rotatable bonds is 8. The fourth-order valence-corrected chi connectivity index (χ4v) is 4.85. The van der Waals surface area contributed by atoms with Gasteiger partial charge in [-0.05, 0) is 68.4 Å². The molecule has 2 heterocycles. The van der Waals surface area contributed by atoms with E-state index in [4.69, 9.17) is 5.11 Å². The van der Waals surface area contributed by atoms with Gasteiger partial charge in [-0.1, -0.05) is 22.7 Å². The molecule has 0 fully saturated rings. The lowest BCUT2D eigenvalue weighted by atomic mass is 10.2. The predicted octanol–water partition coefficient (Wildman–Crippen LogP) is 7.73. The number of carbonyl (C=O) groups is 1. The van der Waals surface area contributed by atoms with Gasteiger partial charge in [0.15, 0.2) is 0 Å². The third kappa shape index (κ3) is 5.04. The van der Waals surface area contributed by atoms with E-state index in [1.807, 2.05) is 30.3 Å². The van der Waals surface area contributed by atoms with Crippen LogP contribution >= 0.6 is 22.7 Å². The second-order valence-electron chi connectivity index (χ2n) is 6.69. The summed E-state index contributed by atoms with van der Waals surface area (Å²) in [6.07, 6.45) is 0. The molecule has 32 heavy (non-hydrogen) atoms. The van der Waals surface area contributed by atoms with E-state index in [1.165, 1.54) is 40.5 Å². The fraction of sp³-hybridized carbons (Fsp3) is 0.182. The fourth-order valence-electron chi connectivity index (χ4n) is 3.00. The lowest BCUT2D eigenvalue weighted by Crippen LogP contribution is -2.21. The molecule has 0 bridgehead atoms. The maximum Gasteiger partial charge on any atom is 0.335 e. The molecule has 0 saturated heterocycles. The highest BCUT2D eigenvalue weighted by atomic mass is 32.1. The molecule has 0 radical (unpaired) electrons. The Morgan fingerprint density at radius 2 is 1.53 bits per heavy atom. The minimum absolute atomic E-state index is 0.214. The average Bonchev–Trinajstić information content (AvgIpc) is 3.36. The largest absolute Gasteiger partial charge is 0.478 e. The van der Waals surface area contributed by atoms with Crippen LogP contribution in [-0.4, -0.2) is 29.1 Å². The Bertz CT molecular complexity index is 1240. The summed E-state index contributed by atoms with van der Waals surface area (Å²) in [6, 6.07) is 16.2. The number of aromatic carboxylic acids is 1. The van der Waals surface area contributed by atoms with E-state index in [0.29, 0.717) is 10.8 Å². The Labute approximate surface area is 192 Å². The Morgan fingerprint density at radius 1 is 0.906 bits per heavy atom. The van der Waals surface area contributed by atoms with Crippen LogP contribution in [0.3, 0.4) is 0 Å². The molecule has 0 atom stereocenters. The number of aromatic nitrogens is 1. The van der Waals surface area contributed by atoms with Crippen LogP contribution in [-0.2, 0) is 0 Å². The van der Waals surface area contributed by atoms with Crippen LogP contribution in [0.4, 0.5) is 27.2 Å². The van der Waals surface area contributed by atoms with Gasteiger partial charge in [0.25, 0.3) is 0 Å². The molecule has 2 aromatic heterocycles. The van der Waals surface area contributed by atoms with E-state index in [0.717, 1.165) is 33.3 Å². The monoisotopic (exact) mass is 464 g/mol. The first kappa shape index (κ1) is 21.7. The van der Waals surface area contributed by atoms with Crippen molar-refractivity contribution >= 4 is 65.4 Å². The van der Waals surface area contributed by atoms with Crippen LogP contribution in [0, 0.1) is 0 Å². The van der Waals surface area contributed by atoms with Crippen molar-refractivity contribution in [1.29, 1.82) is 0 Å². The molecule has 0 saturated carbocycles. The van der Waals surface area contributed by atoms with Crippen molar-refractivity contribution < 1.29 is 9.90 Å². The lowest BCUT2D eigenvalue weighted by molar-refractivity contribution is 0.0697. The number of benzene rings is 2. The smallest absolute Gasteiger partial charge is 0.335 e. The minimum Gasteiger partial charge on any atom is -0.478 e. The molecule has 162 valence electrons. The second-order valence-corrected chi connectivity index (χ2v) is 8.71. The van der Waals surface area contributed by atoms with E-state index in [9.17, 15) is 4.79 Å². The zero-order valence-electron chi connectivity index (χ0n) is 17.5. The van der Waals surface area contributed by atoms with E-state index in [1.54, 1.807) is 12.1 Å². The molecule has 0 amide bonds. The van der Waals surface area contributed by atoms with Crippen LogP contribution in [0.15, 0.2) is 75.1 Å². The first-order chi connectivity index (χ1) is 15.6. The highest BCUT2D eigenvalue weighted by Gasteiger charge is 2.09. The molecule has 8 nitrogen and oxygen atoms in total. The first-order valence-corrected chi connectivity index (χ1v) is 11.6. The Balaban J connectivity index is 1.43. The summed E-state index contributed by atoms with van der Waals surface area (Å²) < 4.78 is 0.969. The molecular weight excluding hydrogens is 444 g/mol. The third-order valence-electron chi connectivity index (χ3n) is 4.67. The third-order valence-corrected chi connectivity index (χ3v) is 6.60. The zero-order valence-corrected chi connectivity index (χ0v) is 19.1. The van der Waals surface area contributed by atoms with Crippen LogP contribution in [0.5, 0.6) is 0 Å². The molecule has 4 rings (SSSR count). The molecule has 0 aliphatic rings. The van der Waals surface area contributed by atoms with Crippen molar-refractivity contribution in [1.82, 2.24) is 4.98 Å². The van der Waals surface area contributed by atoms with Gasteiger partial charge in [0.2, 0.25) is 5.13 Å². The quantitative estimate of drug-likeness (QED) is 0.269. The Morgan fingerprint density at radius 3 is 2.12 bits per heavy atom. The molecule has 4 aromatic rings. The van der Waals surface area contributed by atoms with Gasteiger partial charge in [-0.25, -0.2) is 9.78 Å². The zero-order chi connectivity index (χ0) is 22.5. The van der Waals surface area contributed by atoms with E-state index in [2.05, 4.69) is 44.2 Å².